The highest BCUT2D eigenvalue weighted by atomic mass is 35.5. The van der Waals surface area contributed by atoms with Crippen LogP contribution >= 0.6 is 11.6 Å². The fraction of sp³-hybridized carbons (Fsp3) is 0.462. The third-order valence-corrected chi connectivity index (χ3v) is 2.69. The number of nitrogens with two attached hydrogens (primary N) is 1. The van der Waals surface area contributed by atoms with Crippen molar-refractivity contribution in [2.24, 2.45) is 5.73 Å². The molecule has 4 heteroatoms. The zero-order valence-corrected chi connectivity index (χ0v) is 11.2. The van der Waals surface area contributed by atoms with Crippen LogP contribution in [-0.4, -0.2) is 18.4 Å². The maximum atomic E-state index is 12.0. The van der Waals surface area contributed by atoms with Crippen molar-refractivity contribution in [1.29, 1.82) is 0 Å². The number of hydrogen-bond donors (Lipinski definition) is 1. The Morgan fingerprint density at radius 2 is 2.12 bits per heavy atom. The Kier molecular flexibility index (Phi) is 4.54. The third kappa shape index (κ3) is 4.36. The lowest BCUT2D eigenvalue weighted by Crippen LogP contribution is -2.32. The number of ether oxygens (including phenoxy) is 1. The van der Waals surface area contributed by atoms with E-state index in [9.17, 15) is 4.79 Å². The van der Waals surface area contributed by atoms with Crippen LogP contribution in [0.3, 0.4) is 0 Å². The quantitative estimate of drug-likeness (QED) is 0.823. The smallest absolute Gasteiger partial charge is 0.166 e. The molecule has 0 aromatic heterocycles. The van der Waals surface area contributed by atoms with E-state index < -0.39 is 0 Å². The number of carbonyl (C=O) groups excluding carboxylic acids is 1. The van der Waals surface area contributed by atoms with Gasteiger partial charge < -0.3 is 10.5 Å². The summed E-state index contributed by atoms with van der Waals surface area (Å²) >= 11 is 5.88. The summed E-state index contributed by atoms with van der Waals surface area (Å²) in [7, 11) is 1.53. The molecule has 17 heavy (non-hydrogen) atoms. The Bertz CT molecular complexity index is 410. The van der Waals surface area contributed by atoms with Crippen molar-refractivity contribution in [1.82, 2.24) is 0 Å². The number of ketones is 1. The first-order valence-corrected chi connectivity index (χ1v) is 5.87. The Morgan fingerprint density at radius 1 is 1.47 bits per heavy atom. The first kappa shape index (κ1) is 14.0. The van der Waals surface area contributed by atoms with Crippen LogP contribution < -0.4 is 10.5 Å². The first-order valence-electron chi connectivity index (χ1n) is 5.49. The lowest BCUT2D eigenvalue weighted by molar-refractivity contribution is 0.0969. The van der Waals surface area contributed by atoms with E-state index in [0.29, 0.717) is 29.2 Å². The molecule has 0 aliphatic carbocycles. The number of methoxy groups -OCH3 is 1. The second-order valence-corrected chi connectivity index (χ2v) is 5.19. The van der Waals surface area contributed by atoms with Crippen LogP contribution in [0.15, 0.2) is 18.2 Å². The molecule has 0 amide bonds. The number of halogens is 1. The van der Waals surface area contributed by atoms with E-state index in [4.69, 9.17) is 22.1 Å². The van der Waals surface area contributed by atoms with Crippen LogP contribution in [0.4, 0.5) is 0 Å². The van der Waals surface area contributed by atoms with Crippen LogP contribution in [0, 0.1) is 0 Å². The van der Waals surface area contributed by atoms with Gasteiger partial charge in [-0.3, -0.25) is 4.79 Å². The zero-order chi connectivity index (χ0) is 13.1. The van der Waals surface area contributed by atoms with E-state index in [0.717, 1.165) is 0 Å². The number of hydrogen-bond acceptors (Lipinski definition) is 3. The molecule has 0 atom stereocenters. The molecule has 0 aliphatic rings. The lowest BCUT2D eigenvalue weighted by Gasteiger charge is -2.17. The molecule has 2 N–H and O–H groups in total. The maximum Gasteiger partial charge on any atom is 0.166 e. The molecule has 0 spiro atoms. The topological polar surface area (TPSA) is 52.3 Å². The summed E-state index contributed by atoms with van der Waals surface area (Å²) in [6, 6.07) is 5.03. The molecule has 0 unspecified atom stereocenters. The van der Waals surface area contributed by atoms with E-state index in [1.165, 1.54) is 7.11 Å². The van der Waals surface area contributed by atoms with Crippen LogP contribution in [0.25, 0.3) is 0 Å². The Morgan fingerprint density at radius 3 is 2.65 bits per heavy atom. The highest BCUT2D eigenvalue weighted by molar-refractivity contribution is 6.31. The largest absolute Gasteiger partial charge is 0.496 e. The van der Waals surface area contributed by atoms with Gasteiger partial charge in [0, 0.05) is 17.0 Å². The number of rotatable bonds is 5. The van der Waals surface area contributed by atoms with Crippen molar-refractivity contribution in [3.8, 4) is 5.75 Å². The van der Waals surface area contributed by atoms with Crippen molar-refractivity contribution in [2.45, 2.75) is 32.2 Å². The molecule has 94 valence electrons. The molecule has 0 fully saturated rings. The van der Waals surface area contributed by atoms with Gasteiger partial charge in [0.1, 0.15) is 5.75 Å². The minimum atomic E-state index is -0.346. The molecular weight excluding hydrogens is 238 g/mol. The van der Waals surface area contributed by atoms with Gasteiger partial charge in [-0.2, -0.15) is 0 Å². The maximum absolute atomic E-state index is 12.0. The average Bonchev–Trinajstić information content (AvgIpc) is 2.25. The molecule has 1 rings (SSSR count). The predicted octanol–water partition coefficient (Wildman–Crippen LogP) is 3.05. The van der Waals surface area contributed by atoms with E-state index >= 15 is 0 Å². The number of benzene rings is 1. The predicted molar refractivity (Wildman–Crippen MR) is 69.8 cm³/mol. The number of carbonyl (C=O) groups is 1. The summed E-state index contributed by atoms with van der Waals surface area (Å²) < 4.78 is 5.14. The van der Waals surface area contributed by atoms with E-state index in [1.54, 1.807) is 18.2 Å². The Balaban J connectivity index is 2.84. The fourth-order valence-electron chi connectivity index (χ4n) is 1.47. The molecular formula is C13H18ClNO2. The molecule has 1 aromatic rings. The van der Waals surface area contributed by atoms with Crippen LogP contribution in [0.1, 0.15) is 37.0 Å². The van der Waals surface area contributed by atoms with Crippen molar-refractivity contribution in [2.75, 3.05) is 7.11 Å². The molecule has 0 bridgehead atoms. The molecule has 0 heterocycles. The summed E-state index contributed by atoms with van der Waals surface area (Å²) in [5.41, 5.74) is 6.02. The van der Waals surface area contributed by atoms with Crippen LogP contribution in [0.5, 0.6) is 5.75 Å². The van der Waals surface area contributed by atoms with Crippen molar-refractivity contribution >= 4 is 17.4 Å². The second-order valence-electron chi connectivity index (χ2n) is 4.76. The van der Waals surface area contributed by atoms with Gasteiger partial charge in [-0.1, -0.05) is 11.6 Å². The van der Waals surface area contributed by atoms with Crippen molar-refractivity contribution < 1.29 is 9.53 Å². The van der Waals surface area contributed by atoms with Gasteiger partial charge in [-0.05, 0) is 38.5 Å². The molecule has 1 aromatic carbocycles. The van der Waals surface area contributed by atoms with E-state index in [-0.39, 0.29) is 11.3 Å². The SMILES string of the molecule is COc1ccc(Cl)cc1C(=O)CCC(C)(C)N. The first-order chi connectivity index (χ1) is 7.83. The summed E-state index contributed by atoms with van der Waals surface area (Å²) in [5.74, 6) is 0.553. The molecule has 0 aliphatic heterocycles. The highest BCUT2D eigenvalue weighted by Gasteiger charge is 2.17. The molecule has 0 saturated carbocycles. The average molecular weight is 256 g/mol. The lowest BCUT2D eigenvalue weighted by atomic mass is 9.96. The molecule has 3 nitrogen and oxygen atoms in total. The molecule has 0 radical (unpaired) electrons. The minimum absolute atomic E-state index is 0.00266. The fourth-order valence-corrected chi connectivity index (χ4v) is 1.64. The number of Topliss-reactive ketones (excluding diaryl/α,β-unsaturated/α-hetero) is 1. The van der Waals surface area contributed by atoms with E-state index in [2.05, 4.69) is 0 Å². The Labute approximate surface area is 107 Å². The van der Waals surface area contributed by atoms with Crippen LogP contribution in [-0.2, 0) is 0 Å². The normalized spacial score (nSPS) is 11.4. The van der Waals surface area contributed by atoms with Gasteiger partial charge in [0.25, 0.3) is 0 Å². The summed E-state index contributed by atoms with van der Waals surface area (Å²) in [6.45, 7) is 3.80. The zero-order valence-electron chi connectivity index (χ0n) is 10.4. The Hall–Kier alpha value is -1.06. The van der Waals surface area contributed by atoms with Gasteiger partial charge in [-0.25, -0.2) is 0 Å². The standard InChI is InChI=1S/C13H18ClNO2/c1-13(2,15)7-6-11(16)10-8-9(14)4-5-12(10)17-3/h4-5,8H,6-7,15H2,1-3H3. The monoisotopic (exact) mass is 255 g/mol. The van der Waals surface area contributed by atoms with Crippen molar-refractivity contribution in [3.05, 3.63) is 28.8 Å². The highest BCUT2D eigenvalue weighted by Crippen LogP contribution is 2.25. The summed E-state index contributed by atoms with van der Waals surface area (Å²) in [4.78, 5) is 12.0. The van der Waals surface area contributed by atoms with Gasteiger partial charge in [-0.15, -0.1) is 0 Å². The van der Waals surface area contributed by atoms with Gasteiger partial charge in [0.2, 0.25) is 0 Å². The van der Waals surface area contributed by atoms with Crippen molar-refractivity contribution in [3.63, 3.8) is 0 Å². The third-order valence-electron chi connectivity index (χ3n) is 2.46. The van der Waals surface area contributed by atoms with Gasteiger partial charge in [0.15, 0.2) is 5.78 Å². The molecule has 0 saturated heterocycles. The minimum Gasteiger partial charge on any atom is -0.496 e. The van der Waals surface area contributed by atoms with E-state index in [1.807, 2.05) is 13.8 Å². The summed E-state index contributed by atoms with van der Waals surface area (Å²) in [6.07, 6.45) is 1.02. The van der Waals surface area contributed by atoms with Gasteiger partial charge in [0.05, 0.1) is 12.7 Å². The second kappa shape index (κ2) is 5.52. The van der Waals surface area contributed by atoms with Gasteiger partial charge >= 0.3 is 0 Å². The summed E-state index contributed by atoms with van der Waals surface area (Å²) in [5, 5.41) is 0.529. The van der Waals surface area contributed by atoms with Crippen LogP contribution in [0.2, 0.25) is 5.02 Å².